The molecule has 2 heterocycles. The van der Waals surface area contributed by atoms with Crippen LogP contribution in [-0.2, 0) is 11.3 Å². The van der Waals surface area contributed by atoms with E-state index < -0.39 is 0 Å². The summed E-state index contributed by atoms with van der Waals surface area (Å²) in [6.07, 6.45) is 4.89. The second kappa shape index (κ2) is 4.11. The second-order valence-corrected chi connectivity index (χ2v) is 4.06. The minimum absolute atomic E-state index is 0.174. The zero-order chi connectivity index (χ0) is 9.86. The molecular weight excluding hydrogens is 178 g/mol. The molecule has 0 aliphatic carbocycles. The molecule has 1 saturated heterocycles. The molecule has 1 atom stereocenters. The summed E-state index contributed by atoms with van der Waals surface area (Å²) in [5.74, 6) is 0. The van der Waals surface area contributed by atoms with Crippen LogP contribution in [0.5, 0.6) is 0 Å². The molecule has 0 amide bonds. The van der Waals surface area contributed by atoms with Crippen molar-refractivity contribution in [3.05, 3.63) is 18.5 Å². The molecule has 0 saturated carbocycles. The highest BCUT2D eigenvalue weighted by Crippen LogP contribution is 2.16. The van der Waals surface area contributed by atoms with E-state index in [4.69, 9.17) is 4.74 Å². The topological polar surface area (TPSA) is 39.1 Å². The minimum atomic E-state index is 0.174. The van der Waals surface area contributed by atoms with E-state index in [9.17, 15) is 0 Å². The molecule has 0 aromatic carbocycles. The molecule has 1 aliphatic heterocycles. The maximum Gasteiger partial charge on any atom is 0.0646 e. The van der Waals surface area contributed by atoms with E-state index in [1.54, 1.807) is 6.20 Å². The number of hydrogen-bond donors (Lipinski definition) is 1. The van der Waals surface area contributed by atoms with Crippen molar-refractivity contribution in [2.24, 2.45) is 0 Å². The molecule has 0 spiro atoms. The fourth-order valence-electron chi connectivity index (χ4n) is 1.71. The molecule has 2 rings (SSSR count). The Morgan fingerprint density at radius 2 is 2.57 bits per heavy atom. The van der Waals surface area contributed by atoms with Crippen LogP contribution >= 0.6 is 0 Å². The van der Waals surface area contributed by atoms with Crippen molar-refractivity contribution < 1.29 is 4.74 Å². The molecule has 14 heavy (non-hydrogen) atoms. The van der Waals surface area contributed by atoms with Crippen molar-refractivity contribution in [2.45, 2.75) is 25.4 Å². The van der Waals surface area contributed by atoms with E-state index in [0.717, 1.165) is 32.7 Å². The molecule has 1 unspecified atom stereocenters. The number of aromatic nitrogens is 2. The fourth-order valence-corrected chi connectivity index (χ4v) is 1.71. The van der Waals surface area contributed by atoms with Gasteiger partial charge in [-0.1, -0.05) is 0 Å². The number of rotatable bonds is 4. The molecule has 78 valence electrons. The van der Waals surface area contributed by atoms with Crippen LogP contribution in [0.4, 0.5) is 0 Å². The van der Waals surface area contributed by atoms with Gasteiger partial charge in [-0.3, -0.25) is 4.68 Å². The molecule has 1 fully saturated rings. The van der Waals surface area contributed by atoms with Gasteiger partial charge in [-0.15, -0.1) is 0 Å². The predicted octanol–water partition coefficient (Wildman–Crippen LogP) is 0.652. The van der Waals surface area contributed by atoms with E-state index in [2.05, 4.69) is 17.3 Å². The van der Waals surface area contributed by atoms with Crippen molar-refractivity contribution in [3.63, 3.8) is 0 Å². The lowest BCUT2D eigenvalue weighted by molar-refractivity contribution is 0.171. The third kappa shape index (κ3) is 2.33. The zero-order valence-electron chi connectivity index (χ0n) is 8.57. The number of ether oxygens (including phenoxy) is 1. The SMILES string of the molecule is CC1(NCCn2cccn2)CCOC1. The van der Waals surface area contributed by atoms with Crippen molar-refractivity contribution in [1.82, 2.24) is 15.1 Å². The Morgan fingerprint density at radius 1 is 1.64 bits per heavy atom. The maximum atomic E-state index is 5.36. The van der Waals surface area contributed by atoms with Gasteiger partial charge < -0.3 is 10.1 Å². The van der Waals surface area contributed by atoms with Gasteiger partial charge in [-0.25, -0.2) is 0 Å². The van der Waals surface area contributed by atoms with Gasteiger partial charge in [0.05, 0.1) is 13.2 Å². The third-order valence-corrected chi connectivity index (χ3v) is 2.67. The van der Waals surface area contributed by atoms with Crippen LogP contribution in [-0.4, -0.2) is 35.1 Å². The Balaban J connectivity index is 1.72. The minimum Gasteiger partial charge on any atom is -0.379 e. The van der Waals surface area contributed by atoms with Crippen LogP contribution in [0.1, 0.15) is 13.3 Å². The Labute approximate surface area is 84.3 Å². The molecule has 0 radical (unpaired) electrons. The van der Waals surface area contributed by atoms with Gasteiger partial charge in [0.15, 0.2) is 0 Å². The average molecular weight is 195 g/mol. The monoisotopic (exact) mass is 195 g/mol. The van der Waals surface area contributed by atoms with Gasteiger partial charge in [0.1, 0.15) is 0 Å². The highest BCUT2D eigenvalue weighted by Gasteiger charge is 2.28. The maximum absolute atomic E-state index is 5.36. The summed E-state index contributed by atoms with van der Waals surface area (Å²) >= 11 is 0. The first-order chi connectivity index (χ1) is 6.79. The first kappa shape index (κ1) is 9.68. The van der Waals surface area contributed by atoms with E-state index in [0.29, 0.717) is 0 Å². The summed E-state index contributed by atoms with van der Waals surface area (Å²) in [5, 5.41) is 7.66. The van der Waals surface area contributed by atoms with Crippen LogP contribution in [0.2, 0.25) is 0 Å². The summed E-state index contributed by atoms with van der Waals surface area (Å²) in [4.78, 5) is 0. The van der Waals surface area contributed by atoms with E-state index >= 15 is 0 Å². The van der Waals surface area contributed by atoms with Gasteiger partial charge in [0.25, 0.3) is 0 Å². The summed E-state index contributed by atoms with van der Waals surface area (Å²) in [7, 11) is 0. The smallest absolute Gasteiger partial charge is 0.0646 e. The number of nitrogens with one attached hydrogen (secondary N) is 1. The van der Waals surface area contributed by atoms with Gasteiger partial charge in [0.2, 0.25) is 0 Å². The highest BCUT2D eigenvalue weighted by atomic mass is 16.5. The largest absolute Gasteiger partial charge is 0.379 e. The summed E-state index contributed by atoms with van der Waals surface area (Å²) in [6.45, 7) is 5.78. The predicted molar refractivity (Wildman–Crippen MR) is 54.1 cm³/mol. The number of hydrogen-bond acceptors (Lipinski definition) is 3. The van der Waals surface area contributed by atoms with Gasteiger partial charge in [-0.2, -0.15) is 5.10 Å². The Morgan fingerprint density at radius 3 is 3.21 bits per heavy atom. The quantitative estimate of drug-likeness (QED) is 0.766. The Hall–Kier alpha value is -0.870. The van der Waals surface area contributed by atoms with Crippen molar-refractivity contribution in [1.29, 1.82) is 0 Å². The standard InChI is InChI=1S/C10H17N3O/c1-10(3-8-14-9-10)11-5-7-13-6-2-4-12-13/h2,4,6,11H,3,5,7-9H2,1H3. The molecule has 1 aromatic rings. The van der Waals surface area contributed by atoms with E-state index in [1.165, 1.54) is 0 Å². The highest BCUT2D eigenvalue weighted by molar-refractivity contribution is 4.87. The van der Waals surface area contributed by atoms with Crippen LogP contribution in [0.15, 0.2) is 18.5 Å². The van der Waals surface area contributed by atoms with Crippen LogP contribution < -0.4 is 5.32 Å². The molecule has 0 bridgehead atoms. The van der Waals surface area contributed by atoms with E-state index in [-0.39, 0.29) is 5.54 Å². The first-order valence-electron chi connectivity index (χ1n) is 5.09. The van der Waals surface area contributed by atoms with E-state index in [1.807, 2.05) is 16.9 Å². The van der Waals surface area contributed by atoms with Gasteiger partial charge in [0, 0.05) is 31.1 Å². The lowest BCUT2D eigenvalue weighted by Crippen LogP contribution is -2.44. The lowest BCUT2D eigenvalue weighted by Gasteiger charge is -2.23. The second-order valence-electron chi connectivity index (χ2n) is 4.06. The lowest BCUT2D eigenvalue weighted by atomic mass is 10.0. The van der Waals surface area contributed by atoms with Gasteiger partial charge >= 0.3 is 0 Å². The fraction of sp³-hybridized carbons (Fsp3) is 0.700. The summed E-state index contributed by atoms with van der Waals surface area (Å²) < 4.78 is 7.30. The molecule has 1 aromatic heterocycles. The zero-order valence-corrected chi connectivity index (χ0v) is 8.57. The summed E-state index contributed by atoms with van der Waals surface area (Å²) in [5.41, 5.74) is 0.174. The van der Waals surface area contributed by atoms with Crippen LogP contribution in [0.25, 0.3) is 0 Å². The van der Waals surface area contributed by atoms with Crippen molar-refractivity contribution in [3.8, 4) is 0 Å². The molecular formula is C10H17N3O. The Kier molecular flexibility index (Phi) is 2.84. The normalized spacial score (nSPS) is 26.9. The molecule has 4 heteroatoms. The third-order valence-electron chi connectivity index (χ3n) is 2.67. The average Bonchev–Trinajstić information content (AvgIpc) is 2.77. The van der Waals surface area contributed by atoms with Crippen molar-refractivity contribution in [2.75, 3.05) is 19.8 Å². The van der Waals surface area contributed by atoms with Crippen molar-refractivity contribution >= 4 is 0 Å². The molecule has 4 nitrogen and oxygen atoms in total. The van der Waals surface area contributed by atoms with Crippen LogP contribution in [0, 0.1) is 0 Å². The van der Waals surface area contributed by atoms with Crippen LogP contribution in [0.3, 0.4) is 0 Å². The number of nitrogens with zero attached hydrogens (tertiary/aromatic N) is 2. The molecule has 1 aliphatic rings. The first-order valence-corrected chi connectivity index (χ1v) is 5.09. The Bertz CT molecular complexity index is 265. The molecule has 1 N–H and O–H groups in total. The van der Waals surface area contributed by atoms with Gasteiger partial charge in [-0.05, 0) is 19.4 Å². The summed E-state index contributed by atoms with van der Waals surface area (Å²) in [6, 6.07) is 1.94.